The minimum atomic E-state index is -0.568. The summed E-state index contributed by atoms with van der Waals surface area (Å²) >= 11 is 0. The summed E-state index contributed by atoms with van der Waals surface area (Å²) in [7, 11) is 1.48. The van der Waals surface area contributed by atoms with Gasteiger partial charge in [-0.2, -0.15) is 0 Å². The van der Waals surface area contributed by atoms with E-state index in [1.807, 2.05) is 20.8 Å². The van der Waals surface area contributed by atoms with Crippen LogP contribution in [0.4, 0.5) is 10.6 Å². The molecule has 1 aliphatic rings. The van der Waals surface area contributed by atoms with Gasteiger partial charge >= 0.3 is 6.09 Å². The Morgan fingerprint density at radius 3 is 2.66 bits per heavy atom. The Morgan fingerprint density at radius 2 is 1.97 bits per heavy atom. The van der Waals surface area contributed by atoms with Crippen LogP contribution in [0.25, 0.3) is 11.3 Å². The molecule has 1 fully saturated rings. The number of nitrogens with one attached hydrogen (secondary N) is 2. The van der Waals surface area contributed by atoms with Crippen LogP contribution in [0.5, 0.6) is 0 Å². The molecule has 1 aromatic carbocycles. The number of nitrogens with zero attached hydrogens (tertiary/aromatic N) is 3. The van der Waals surface area contributed by atoms with Gasteiger partial charge in [0, 0.05) is 37.3 Å². The fourth-order valence-corrected chi connectivity index (χ4v) is 3.28. The molecular weight excluding hydrogens is 412 g/mol. The quantitative estimate of drug-likeness (QED) is 0.659. The SMILES string of the molecule is CNC(=O)c1nc(-c2cccc(C(=O)N[C@@H]3CCN(C(=O)OC(C)(C)C)C3)c2)cnc1N. The van der Waals surface area contributed by atoms with Gasteiger partial charge in [-0.1, -0.05) is 12.1 Å². The van der Waals surface area contributed by atoms with Crippen LogP contribution in [0.1, 0.15) is 48.0 Å². The molecule has 0 bridgehead atoms. The van der Waals surface area contributed by atoms with Crippen LogP contribution in [-0.4, -0.2) is 64.6 Å². The Labute approximate surface area is 186 Å². The first-order valence-corrected chi connectivity index (χ1v) is 10.3. The van der Waals surface area contributed by atoms with Gasteiger partial charge < -0.3 is 26.0 Å². The van der Waals surface area contributed by atoms with E-state index in [4.69, 9.17) is 10.5 Å². The molecule has 1 aromatic heterocycles. The van der Waals surface area contributed by atoms with E-state index in [1.165, 1.54) is 13.2 Å². The fourth-order valence-electron chi connectivity index (χ4n) is 3.28. The molecule has 1 atom stereocenters. The zero-order valence-electron chi connectivity index (χ0n) is 18.6. The standard InChI is InChI=1S/C22H28N6O4/c1-22(2,3)32-21(31)28-9-8-15(12-28)26-19(29)14-7-5-6-13(10-14)16-11-25-18(23)17(27-16)20(30)24-4/h5-7,10-11,15H,8-9,12H2,1-4H3,(H2,23,25)(H,24,30)(H,26,29)/t15-/m1/s1. The Hall–Kier alpha value is -3.69. The maximum Gasteiger partial charge on any atom is 0.410 e. The highest BCUT2D eigenvalue weighted by Crippen LogP contribution is 2.21. The summed E-state index contributed by atoms with van der Waals surface area (Å²) < 4.78 is 5.39. The Bertz CT molecular complexity index is 1030. The van der Waals surface area contributed by atoms with Crippen molar-refractivity contribution >= 4 is 23.7 Å². The highest BCUT2D eigenvalue weighted by Gasteiger charge is 2.30. The zero-order chi connectivity index (χ0) is 23.5. The van der Waals surface area contributed by atoms with Crippen molar-refractivity contribution in [2.75, 3.05) is 25.9 Å². The van der Waals surface area contributed by atoms with Crippen LogP contribution in [0.3, 0.4) is 0 Å². The minimum Gasteiger partial charge on any atom is -0.444 e. The molecule has 3 rings (SSSR count). The third kappa shape index (κ3) is 5.51. The van der Waals surface area contributed by atoms with Crippen molar-refractivity contribution in [3.05, 3.63) is 41.7 Å². The van der Waals surface area contributed by atoms with E-state index in [-0.39, 0.29) is 29.6 Å². The molecular formula is C22H28N6O4. The van der Waals surface area contributed by atoms with E-state index < -0.39 is 11.5 Å². The zero-order valence-corrected chi connectivity index (χ0v) is 18.6. The van der Waals surface area contributed by atoms with Crippen molar-refractivity contribution in [1.29, 1.82) is 0 Å². The van der Waals surface area contributed by atoms with Crippen LogP contribution >= 0.6 is 0 Å². The van der Waals surface area contributed by atoms with Gasteiger partial charge in [-0.15, -0.1) is 0 Å². The number of hydrogen-bond donors (Lipinski definition) is 3. The summed E-state index contributed by atoms with van der Waals surface area (Å²) in [5.74, 6) is -0.683. The largest absolute Gasteiger partial charge is 0.444 e. The second-order valence-electron chi connectivity index (χ2n) is 8.53. The lowest BCUT2D eigenvalue weighted by Crippen LogP contribution is -2.40. The molecule has 10 heteroatoms. The fraction of sp³-hybridized carbons (Fsp3) is 0.409. The van der Waals surface area contributed by atoms with E-state index in [9.17, 15) is 14.4 Å². The van der Waals surface area contributed by atoms with E-state index in [0.29, 0.717) is 36.3 Å². The van der Waals surface area contributed by atoms with Crippen LogP contribution in [-0.2, 0) is 4.74 Å². The van der Waals surface area contributed by atoms with E-state index >= 15 is 0 Å². The van der Waals surface area contributed by atoms with Crippen LogP contribution < -0.4 is 16.4 Å². The third-order valence-corrected chi connectivity index (χ3v) is 4.84. The molecule has 0 spiro atoms. The first kappa shape index (κ1) is 23.0. The second-order valence-corrected chi connectivity index (χ2v) is 8.53. The summed E-state index contributed by atoms with van der Waals surface area (Å²) in [6, 6.07) is 6.68. The van der Waals surface area contributed by atoms with Gasteiger partial charge in [-0.25, -0.2) is 14.8 Å². The summed E-state index contributed by atoms with van der Waals surface area (Å²) in [4.78, 5) is 46.9. The molecule has 2 heterocycles. The van der Waals surface area contributed by atoms with Gasteiger partial charge in [0.1, 0.15) is 5.60 Å². The number of nitrogen functional groups attached to an aromatic ring is 1. The van der Waals surface area contributed by atoms with Crippen molar-refractivity contribution < 1.29 is 19.1 Å². The lowest BCUT2D eigenvalue weighted by molar-refractivity contribution is 0.0290. The molecule has 1 aliphatic heterocycles. The molecule has 170 valence electrons. The summed E-state index contributed by atoms with van der Waals surface area (Å²) in [6.07, 6.45) is 1.71. The number of amides is 3. The molecule has 2 aromatic rings. The Kier molecular flexibility index (Phi) is 6.61. The van der Waals surface area contributed by atoms with Gasteiger partial charge in [-0.05, 0) is 39.3 Å². The topological polar surface area (TPSA) is 140 Å². The normalized spacial score (nSPS) is 15.9. The Morgan fingerprint density at radius 1 is 1.22 bits per heavy atom. The number of carbonyl (C=O) groups excluding carboxylic acids is 3. The molecule has 4 N–H and O–H groups in total. The maximum atomic E-state index is 12.8. The predicted molar refractivity (Wildman–Crippen MR) is 119 cm³/mol. The summed E-state index contributed by atoms with van der Waals surface area (Å²) in [5.41, 5.74) is 6.67. The first-order valence-electron chi connectivity index (χ1n) is 10.3. The monoisotopic (exact) mass is 440 g/mol. The van der Waals surface area contributed by atoms with Gasteiger partial charge in [0.05, 0.1) is 11.9 Å². The van der Waals surface area contributed by atoms with Gasteiger partial charge in [0.25, 0.3) is 11.8 Å². The number of nitrogens with two attached hydrogens (primary N) is 1. The van der Waals surface area contributed by atoms with Gasteiger partial charge in [-0.3, -0.25) is 9.59 Å². The van der Waals surface area contributed by atoms with E-state index in [0.717, 1.165) is 0 Å². The molecule has 1 saturated heterocycles. The Balaban J connectivity index is 1.69. The minimum absolute atomic E-state index is 0.0213. The van der Waals surface area contributed by atoms with Crippen molar-refractivity contribution in [1.82, 2.24) is 25.5 Å². The number of ether oxygens (including phenoxy) is 1. The second kappa shape index (κ2) is 9.21. The van der Waals surface area contributed by atoms with E-state index in [1.54, 1.807) is 29.2 Å². The van der Waals surface area contributed by atoms with Crippen LogP contribution in [0, 0.1) is 0 Å². The third-order valence-electron chi connectivity index (χ3n) is 4.84. The highest BCUT2D eigenvalue weighted by atomic mass is 16.6. The average molecular weight is 441 g/mol. The number of benzene rings is 1. The first-order chi connectivity index (χ1) is 15.1. The molecule has 0 radical (unpaired) electrons. The summed E-state index contributed by atoms with van der Waals surface area (Å²) in [6.45, 7) is 6.35. The lowest BCUT2D eigenvalue weighted by Gasteiger charge is -2.24. The highest BCUT2D eigenvalue weighted by molar-refractivity contribution is 5.97. The average Bonchev–Trinajstić information content (AvgIpc) is 3.21. The number of hydrogen-bond acceptors (Lipinski definition) is 7. The molecule has 0 aliphatic carbocycles. The number of rotatable bonds is 4. The van der Waals surface area contributed by atoms with Crippen molar-refractivity contribution in [3.8, 4) is 11.3 Å². The van der Waals surface area contributed by atoms with E-state index in [2.05, 4.69) is 20.6 Å². The maximum absolute atomic E-state index is 12.8. The van der Waals surface area contributed by atoms with Gasteiger partial charge in [0.2, 0.25) is 0 Å². The molecule has 0 saturated carbocycles. The molecule has 3 amide bonds. The molecule has 32 heavy (non-hydrogen) atoms. The number of aromatic nitrogens is 2. The van der Waals surface area contributed by atoms with Crippen molar-refractivity contribution in [3.63, 3.8) is 0 Å². The smallest absolute Gasteiger partial charge is 0.410 e. The van der Waals surface area contributed by atoms with Crippen LogP contribution in [0.15, 0.2) is 30.5 Å². The van der Waals surface area contributed by atoms with Crippen molar-refractivity contribution in [2.45, 2.75) is 38.8 Å². The summed E-state index contributed by atoms with van der Waals surface area (Å²) in [5, 5.41) is 5.43. The number of anilines is 1. The van der Waals surface area contributed by atoms with Gasteiger partial charge in [0.15, 0.2) is 11.5 Å². The number of carbonyl (C=O) groups is 3. The predicted octanol–water partition coefficient (Wildman–Crippen LogP) is 1.82. The lowest BCUT2D eigenvalue weighted by atomic mass is 10.1. The van der Waals surface area contributed by atoms with Crippen molar-refractivity contribution in [2.24, 2.45) is 0 Å². The number of likely N-dealkylation sites (tertiary alicyclic amines) is 1. The molecule has 0 unspecified atom stereocenters. The molecule has 10 nitrogen and oxygen atoms in total. The van der Waals surface area contributed by atoms with Crippen LogP contribution in [0.2, 0.25) is 0 Å².